The summed E-state index contributed by atoms with van der Waals surface area (Å²) in [4.78, 5) is 6.67. The number of aliphatic imine (C=N–C) groups is 1. The van der Waals surface area contributed by atoms with Crippen LogP contribution in [-0.4, -0.2) is 56.8 Å². The van der Waals surface area contributed by atoms with Crippen LogP contribution in [0, 0.1) is 11.7 Å². The fraction of sp³-hybridized carbons (Fsp3) is 0.611. The highest BCUT2D eigenvalue weighted by Gasteiger charge is 2.21. The molecule has 0 aromatic heterocycles. The Balaban J connectivity index is 0.00000338. The highest BCUT2D eigenvalue weighted by atomic mass is 127. The molecule has 8 heteroatoms. The summed E-state index contributed by atoms with van der Waals surface area (Å²) in [6.45, 7) is 9.44. The predicted molar refractivity (Wildman–Crippen MR) is 119 cm³/mol. The summed E-state index contributed by atoms with van der Waals surface area (Å²) < 4.78 is 20.1. The van der Waals surface area contributed by atoms with Crippen LogP contribution in [0.4, 0.5) is 4.39 Å². The second-order valence-corrected chi connectivity index (χ2v) is 7.54. The number of ether oxygens (including phenoxy) is 1. The molecule has 1 aliphatic rings. The van der Waals surface area contributed by atoms with E-state index in [0.717, 1.165) is 36.3 Å². The molecule has 0 bridgehead atoms. The van der Waals surface area contributed by atoms with E-state index in [9.17, 15) is 4.39 Å². The first-order chi connectivity index (χ1) is 12.0. The third-order valence-electron chi connectivity index (χ3n) is 4.02. The third-order valence-corrected chi connectivity index (χ3v) is 4.79. The van der Waals surface area contributed by atoms with Gasteiger partial charge in [0.25, 0.3) is 0 Å². The Hall–Kier alpha value is -0.450. The maximum absolute atomic E-state index is 13.4. The Bertz CT molecular complexity index is 588. The van der Waals surface area contributed by atoms with Gasteiger partial charge in [-0.3, -0.25) is 9.89 Å². The van der Waals surface area contributed by atoms with E-state index >= 15 is 0 Å². The quantitative estimate of drug-likeness (QED) is 0.329. The van der Waals surface area contributed by atoms with Crippen LogP contribution in [0.3, 0.4) is 0 Å². The summed E-state index contributed by atoms with van der Waals surface area (Å²) in [5.74, 6) is 1.09. The number of guanidine groups is 1. The van der Waals surface area contributed by atoms with Crippen LogP contribution in [0.25, 0.3) is 0 Å². The molecule has 0 aliphatic carbocycles. The van der Waals surface area contributed by atoms with Crippen LogP contribution >= 0.6 is 39.9 Å². The first-order valence-electron chi connectivity index (χ1n) is 8.70. The largest absolute Gasteiger partial charge is 0.374 e. The number of hydrogen-bond acceptors (Lipinski definition) is 3. The molecule has 0 amide bonds. The highest BCUT2D eigenvalue weighted by molar-refractivity contribution is 14.0. The zero-order valence-electron chi connectivity index (χ0n) is 15.6. The summed E-state index contributed by atoms with van der Waals surface area (Å²) in [5.41, 5.74) is 0.847. The van der Waals surface area contributed by atoms with Crippen molar-refractivity contribution < 1.29 is 9.13 Å². The van der Waals surface area contributed by atoms with Gasteiger partial charge in [0, 0.05) is 44.2 Å². The van der Waals surface area contributed by atoms with E-state index in [1.54, 1.807) is 13.1 Å². The Morgan fingerprint density at radius 1 is 1.42 bits per heavy atom. The molecule has 2 rings (SSSR count). The number of nitrogens with one attached hydrogen (secondary N) is 2. The van der Waals surface area contributed by atoms with Gasteiger partial charge in [-0.05, 0) is 29.7 Å². The highest BCUT2D eigenvalue weighted by Crippen LogP contribution is 2.17. The molecular weight excluding hydrogens is 514 g/mol. The standard InChI is InChI=1S/C18H28BrFN4O.HI/c1-13(2)11-24-6-7-25-16(12-24)10-23-18(21-3)22-9-14-8-15(20)4-5-17(14)19;/h4-5,8,13,16H,6-7,9-12H2,1-3H3,(H2,21,22,23);1H. The van der Waals surface area contributed by atoms with Crippen molar-refractivity contribution in [2.24, 2.45) is 10.9 Å². The van der Waals surface area contributed by atoms with Crippen molar-refractivity contribution in [3.8, 4) is 0 Å². The summed E-state index contributed by atoms with van der Waals surface area (Å²) in [7, 11) is 1.72. The van der Waals surface area contributed by atoms with Crippen molar-refractivity contribution in [3.05, 3.63) is 34.1 Å². The molecule has 0 radical (unpaired) electrons. The molecule has 26 heavy (non-hydrogen) atoms. The van der Waals surface area contributed by atoms with E-state index < -0.39 is 0 Å². The normalized spacial score (nSPS) is 18.5. The number of nitrogens with zero attached hydrogens (tertiary/aromatic N) is 2. The van der Waals surface area contributed by atoms with Gasteiger partial charge >= 0.3 is 0 Å². The average molecular weight is 543 g/mol. The number of morpholine rings is 1. The second kappa shape index (κ2) is 12.1. The van der Waals surface area contributed by atoms with Crippen LogP contribution in [0.5, 0.6) is 0 Å². The molecule has 148 valence electrons. The minimum atomic E-state index is -0.246. The Labute approximate surface area is 181 Å². The number of benzene rings is 1. The molecule has 1 fully saturated rings. The lowest BCUT2D eigenvalue weighted by Gasteiger charge is -2.34. The van der Waals surface area contributed by atoms with Gasteiger partial charge in [0.1, 0.15) is 5.82 Å². The van der Waals surface area contributed by atoms with Gasteiger partial charge in [-0.2, -0.15) is 0 Å². The fourth-order valence-electron chi connectivity index (χ4n) is 2.87. The lowest BCUT2D eigenvalue weighted by atomic mass is 10.2. The minimum absolute atomic E-state index is 0. The van der Waals surface area contributed by atoms with Gasteiger partial charge in [-0.1, -0.05) is 29.8 Å². The summed E-state index contributed by atoms with van der Waals surface area (Å²) in [6, 6.07) is 4.66. The van der Waals surface area contributed by atoms with Gasteiger partial charge in [0.2, 0.25) is 0 Å². The first kappa shape index (κ1) is 23.6. The minimum Gasteiger partial charge on any atom is -0.374 e. The second-order valence-electron chi connectivity index (χ2n) is 6.69. The molecule has 2 N–H and O–H groups in total. The summed E-state index contributed by atoms with van der Waals surface area (Å²) in [6.07, 6.45) is 0.145. The number of hydrogen-bond donors (Lipinski definition) is 2. The van der Waals surface area contributed by atoms with Crippen LogP contribution in [-0.2, 0) is 11.3 Å². The molecule has 1 heterocycles. The van der Waals surface area contributed by atoms with Crippen LogP contribution in [0.15, 0.2) is 27.7 Å². The molecule has 1 saturated heterocycles. The smallest absolute Gasteiger partial charge is 0.191 e. The molecule has 1 atom stereocenters. The first-order valence-corrected chi connectivity index (χ1v) is 9.49. The Morgan fingerprint density at radius 3 is 2.88 bits per heavy atom. The van der Waals surface area contributed by atoms with Crippen molar-refractivity contribution in [2.45, 2.75) is 26.5 Å². The van der Waals surface area contributed by atoms with Gasteiger partial charge in [0.05, 0.1) is 12.7 Å². The van der Waals surface area contributed by atoms with Crippen molar-refractivity contribution in [3.63, 3.8) is 0 Å². The number of rotatable bonds is 6. The molecule has 1 unspecified atom stereocenters. The van der Waals surface area contributed by atoms with E-state index in [-0.39, 0.29) is 35.9 Å². The zero-order chi connectivity index (χ0) is 18.2. The number of halogens is 3. The van der Waals surface area contributed by atoms with Gasteiger partial charge in [-0.15, -0.1) is 24.0 Å². The molecular formula is C18H29BrFIN4O. The van der Waals surface area contributed by atoms with Crippen molar-refractivity contribution in [1.82, 2.24) is 15.5 Å². The van der Waals surface area contributed by atoms with Crippen LogP contribution in [0.2, 0.25) is 0 Å². The molecule has 0 saturated carbocycles. The average Bonchev–Trinajstić information content (AvgIpc) is 2.57. The zero-order valence-corrected chi connectivity index (χ0v) is 19.5. The van der Waals surface area contributed by atoms with E-state index in [2.05, 4.69) is 50.3 Å². The fourth-order valence-corrected chi connectivity index (χ4v) is 3.26. The lowest BCUT2D eigenvalue weighted by Crippen LogP contribution is -2.50. The third kappa shape index (κ3) is 8.06. The summed E-state index contributed by atoms with van der Waals surface area (Å²) >= 11 is 3.44. The van der Waals surface area contributed by atoms with Crippen molar-refractivity contribution in [1.29, 1.82) is 0 Å². The van der Waals surface area contributed by atoms with Gasteiger partial charge < -0.3 is 15.4 Å². The van der Waals surface area contributed by atoms with E-state index in [1.807, 2.05) is 0 Å². The molecule has 0 spiro atoms. The molecule has 1 aliphatic heterocycles. The van der Waals surface area contributed by atoms with Crippen molar-refractivity contribution in [2.75, 3.05) is 39.8 Å². The van der Waals surface area contributed by atoms with Gasteiger partial charge in [0.15, 0.2) is 5.96 Å². The molecule has 1 aromatic rings. The maximum Gasteiger partial charge on any atom is 0.191 e. The van der Waals surface area contributed by atoms with E-state index in [4.69, 9.17) is 4.74 Å². The van der Waals surface area contributed by atoms with Crippen molar-refractivity contribution >= 4 is 45.9 Å². The predicted octanol–water partition coefficient (Wildman–Crippen LogP) is 3.23. The maximum atomic E-state index is 13.4. The Morgan fingerprint density at radius 2 is 2.19 bits per heavy atom. The molecule has 1 aromatic carbocycles. The Kier molecular flexibility index (Phi) is 11.0. The topological polar surface area (TPSA) is 48.9 Å². The summed E-state index contributed by atoms with van der Waals surface area (Å²) in [5, 5.41) is 6.51. The van der Waals surface area contributed by atoms with Crippen LogP contribution in [0.1, 0.15) is 19.4 Å². The van der Waals surface area contributed by atoms with E-state index in [0.29, 0.717) is 25.0 Å². The monoisotopic (exact) mass is 542 g/mol. The molecule has 5 nitrogen and oxygen atoms in total. The van der Waals surface area contributed by atoms with E-state index in [1.165, 1.54) is 12.1 Å². The van der Waals surface area contributed by atoms with Crippen LogP contribution < -0.4 is 10.6 Å². The SMILES string of the molecule is CN=C(NCc1cc(F)ccc1Br)NCC1CN(CC(C)C)CCO1.I. The lowest BCUT2D eigenvalue weighted by molar-refractivity contribution is -0.0284. The van der Waals surface area contributed by atoms with Gasteiger partial charge in [-0.25, -0.2) is 4.39 Å².